The van der Waals surface area contributed by atoms with Gasteiger partial charge in [0.1, 0.15) is 14.5 Å². The second kappa shape index (κ2) is 4.74. The van der Waals surface area contributed by atoms with E-state index in [-0.39, 0.29) is 6.00 Å². The van der Waals surface area contributed by atoms with Crippen molar-refractivity contribution in [1.82, 2.24) is 0 Å². The molecular formula is C6H9BO. The standard InChI is InChI=1S/C6H9BO/c1-3-5-8-6(7)4-2/h1,6H,4-5H2,2H3. The van der Waals surface area contributed by atoms with Gasteiger partial charge in [0, 0.05) is 6.00 Å². The molecule has 42 valence electrons. The lowest BCUT2D eigenvalue weighted by Gasteiger charge is -2.05. The molecule has 0 saturated heterocycles. The van der Waals surface area contributed by atoms with Crippen molar-refractivity contribution >= 4 is 7.85 Å². The molecule has 0 fully saturated rings. The highest BCUT2D eigenvalue weighted by Crippen LogP contribution is 1.88. The summed E-state index contributed by atoms with van der Waals surface area (Å²) in [5, 5.41) is 0. The van der Waals surface area contributed by atoms with E-state index in [0.29, 0.717) is 6.61 Å². The van der Waals surface area contributed by atoms with Gasteiger partial charge in [0.2, 0.25) is 0 Å². The van der Waals surface area contributed by atoms with Gasteiger partial charge < -0.3 is 4.74 Å². The van der Waals surface area contributed by atoms with Crippen LogP contribution in [0.15, 0.2) is 0 Å². The largest absolute Gasteiger partial charge is 0.375 e. The van der Waals surface area contributed by atoms with Gasteiger partial charge in [0.15, 0.2) is 0 Å². The van der Waals surface area contributed by atoms with E-state index in [1.807, 2.05) is 6.92 Å². The molecule has 0 amide bonds. The number of rotatable bonds is 3. The second-order valence-electron chi connectivity index (χ2n) is 1.46. The van der Waals surface area contributed by atoms with E-state index < -0.39 is 0 Å². The smallest absolute Gasteiger partial charge is 0.109 e. The Hall–Kier alpha value is -0.415. The first-order chi connectivity index (χ1) is 3.81. The fraction of sp³-hybridized carbons (Fsp3) is 0.667. The Morgan fingerprint density at radius 1 is 1.88 bits per heavy atom. The molecule has 1 atom stereocenters. The first-order valence-corrected chi connectivity index (χ1v) is 2.62. The van der Waals surface area contributed by atoms with Crippen molar-refractivity contribution in [2.24, 2.45) is 0 Å². The zero-order valence-electron chi connectivity index (χ0n) is 5.05. The SMILES string of the molecule is [B]C(CC)OCC#C. The molecule has 0 aromatic carbocycles. The molecule has 0 N–H and O–H groups in total. The van der Waals surface area contributed by atoms with Gasteiger partial charge >= 0.3 is 0 Å². The number of terminal acetylenes is 1. The molecule has 0 aromatic heterocycles. The minimum absolute atomic E-state index is 0.189. The summed E-state index contributed by atoms with van der Waals surface area (Å²) in [6, 6.07) is -0.189. The maximum atomic E-state index is 5.34. The van der Waals surface area contributed by atoms with Gasteiger partial charge in [0.25, 0.3) is 0 Å². The van der Waals surface area contributed by atoms with Crippen molar-refractivity contribution in [1.29, 1.82) is 0 Å². The highest BCUT2D eigenvalue weighted by molar-refractivity contribution is 6.10. The lowest BCUT2D eigenvalue weighted by atomic mass is 9.98. The number of hydrogen-bond acceptors (Lipinski definition) is 1. The van der Waals surface area contributed by atoms with Crippen LogP contribution in [0.4, 0.5) is 0 Å². The molecule has 1 unspecified atom stereocenters. The van der Waals surface area contributed by atoms with Crippen LogP contribution in [0, 0.1) is 12.3 Å². The van der Waals surface area contributed by atoms with Crippen LogP contribution in [0.25, 0.3) is 0 Å². The van der Waals surface area contributed by atoms with E-state index in [9.17, 15) is 0 Å². The zero-order valence-corrected chi connectivity index (χ0v) is 5.05. The molecule has 0 aliphatic heterocycles. The van der Waals surface area contributed by atoms with E-state index in [0.717, 1.165) is 6.42 Å². The van der Waals surface area contributed by atoms with Crippen LogP contribution in [0.5, 0.6) is 0 Å². The van der Waals surface area contributed by atoms with Crippen LogP contribution in [0.2, 0.25) is 0 Å². The van der Waals surface area contributed by atoms with Gasteiger partial charge in [-0.05, 0) is 6.42 Å². The van der Waals surface area contributed by atoms with Crippen molar-refractivity contribution in [3.8, 4) is 12.3 Å². The average molecular weight is 108 g/mol. The molecule has 2 radical (unpaired) electrons. The van der Waals surface area contributed by atoms with E-state index in [2.05, 4.69) is 5.92 Å². The van der Waals surface area contributed by atoms with Gasteiger partial charge in [-0.2, -0.15) is 0 Å². The minimum Gasteiger partial charge on any atom is -0.375 e. The van der Waals surface area contributed by atoms with Crippen molar-refractivity contribution in [3.63, 3.8) is 0 Å². The Morgan fingerprint density at radius 3 is 2.88 bits per heavy atom. The summed E-state index contributed by atoms with van der Waals surface area (Å²) in [5.41, 5.74) is 0. The van der Waals surface area contributed by atoms with Crippen LogP contribution in [-0.4, -0.2) is 20.5 Å². The van der Waals surface area contributed by atoms with Gasteiger partial charge in [-0.25, -0.2) is 0 Å². The van der Waals surface area contributed by atoms with Crippen LogP contribution in [0.1, 0.15) is 13.3 Å². The Morgan fingerprint density at radius 2 is 2.50 bits per heavy atom. The van der Waals surface area contributed by atoms with E-state index >= 15 is 0 Å². The zero-order chi connectivity index (χ0) is 6.41. The van der Waals surface area contributed by atoms with Gasteiger partial charge in [-0.15, -0.1) is 6.42 Å². The molecular weight excluding hydrogens is 98.9 g/mol. The van der Waals surface area contributed by atoms with Crippen LogP contribution >= 0.6 is 0 Å². The third kappa shape index (κ3) is 3.76. The topological polar surface area (TPSA) is 9.23 Å². The van der Waals surface area contributed by atoms with Gasteiger partial charge in [-0.3, -0.25) is 0 Å². The van der Waals surface area contributed by atoms with Gasteiger partial charge in [-0.1, -0.05) is 12.8 Å². The highest BCUT2D eigenvalue weighted by atomic mass is 16.5. The van der Waals surface area contributed by atoms with Crippen molar-refractivity contribution in [2.45, 2.75) is 19.3 Å². The molecule has 0 bridgehead atoms. The summed E-state index contributed by atoms with van der Waals surface area (Å²) in [5.74, 6) is 2.33. The first-order valence-electron chi connectivity index (χ1n) is 2.62. The third-order valence-corrected chi connectivity index (χ3v) is 0.783. The molecule has 0 heterocycles. The summed E-state index contributed by atoms with van der Waals surface area (Å²) in [6.07, 6.45) is 5.71. The molecule has 0 aromatic rings. The Bertz CT molecular complexity index is 85.0. The summed E-state index contributed by atoms with van der Waals surface area (Å²) in [4.78, 5) is 0. The van der Waals surface area contributed by atoms with Gasteiger partial charge in [0.05, 0.1) is 0 Å². The number of ether oxygens (including phenoxy) is 1. The molecule has 8 heavy (non-hydrogen) atoms. The molecule has 0 aliphatic carbocycles. The lowest BCUT2D eigenvalue weighted by molar-refractivity contribution is 0.135. The van der Waals surface area contributed by atoms with Crippen molar-refractivity contribution in [2.75, 3.05) is 6.61 Å². The maximum Gasteiger partial charge on any atom is 0.109 e. The Kier molecular flexibility index (Phi) is 4.49. The summed E-state index contributed by atoms with van der Waals surface area (Å²) in [6.45, 7) is 2.26. The molecule has 0 aliphatic rings. The predicted octanol–water partition coefficient (Wildman–Crippen LogP) is 0.541. The second-order valence-corrected chi connectivity index (χ2v) is 1.46. The summed E-state index contributed by atoms with van der Waals surface area (Å²) >= 11 is 0. The lowest BCUT2D eigenvalue weighted by Crippen LogP contribution is -2.10. The first kappa shape index (κ1) is 7.58. The molecule has 0 saturated carbocycles. The molecule has 0 rings (SSSR count). The van der Waals surface area contributed by atoms with E-state index in [1.165, 1.54) is 0 Å². The average Bonchev–Trinajstić information content (AvgIpc) is 1.83. The Balaban J connectivity index is 3.01. The Labute approximate surface area is 51.8 Å². The van der Waals surface area contributed by atoms with Crippen molar-refractivity contribution < 1.29 is 4.74 Å². The highest BCUT2D eigenvalue weighted by Gasteiger charge is 1.92. The van der Waals surface area contributed by atoms with E-state index in [4.69, 9.17) is 19.0 Å². The number of hydrogen-bond donors (Lipinski definition) is 0. The van der Waals surface area contributed by atoms with Crippen LogP contribution in [0.3, 0.4) is 0 Å². The van der Waals surface area contributed by atoms with Crippen LogP contribution < -0.4 is 0 Å². The monoisotopic (exact) mass is 108 g/mol. The van der Waals surface area contributed by atoms with Crippen molar-refractivity contribution in [3.05, 3.63) is 0 Å². The molecule has 2 heteroatoms. The minimum atomic E-state index is -0.189. The molecule has 1 nitrogen and oxygen atoms in total. The summed E-state index contributed by atoms with van der Waals surface area (Å²) in [7, 11) is 5.34. The normalized spacial score (nSPS) is 12.5. The fourth-order valence-electron chi connectivity index (χ4n) is 0.273. The molecule has 0 spiro atoms. The predicted molar refractivity (Wildman–Crippen MR) is 34.6 cm³/mol. The summed E-state index contributed by atoms with van der Waals surface area (Å²) < 4.78 is 4.88. The van der Waals surface area contributed by atoms with Crippen LogP contribution in [-0.2, 0) is 4.74 Å². The maximum absolute atomic E-state index is 5.34. The fourth-order valence-corrected chi connectivity index (χ4v) is 0.273. The van der Waals surface area contributed by atoms with E-state index in [1.54, 1.807) is 0 Å². The third-order valence-electron chi connectivity index (χ3n) is 0.783. The quantitative estimate of drug-likeness (QED) is 0.378.